The molecule has 1 atom stereocenters. The van der Waals surface area contributed by atoms with Gasteiger partial charge >= 0.3 is 0 Å². The zero-order valence-corrected chi connectivity index (χ0v) is 11.9. The van der Waals surface area contributed by atoms with Gasteiger partial charge < -0.3 is 9.64 Å². The molecular formula is C14H20N2O2S. The van der Waals surface area contributed by atoms with Gasteiger partial charge in [-0.15, -0.1) is 11.3 Å². The number of carbonyl (C=O) groups is 1. The van der Waals surface area contributed by atoms with E-state index >= 15 is 0 Å². The molecule has 2 aliphatic rings. The molecule has 2 fully saturated rings. The Labute approximate surface area is 118 Å². The van der Waals surface area contributed by atoms with Gasteiger partial charge in [-0.1, -0.05) is 6.07 Å². The number of rotatable bonds is 3. The Bertz CT molecular complexity index is 415. The molecule has 1 aromatic heterocycles. The standard InChI is InChI=1S/C14H20N2O2S/c17-14(11-15-6-8-18-9-7-15)16-5-1-3-12(16)13-4-2-10-19-13/h2,4,10,12H,1,3,5-9,11H2. The Hall–Kier alpha value is -0.910. The monoisotopic (exact) mass is 280 g/mol. The molecule has 0 aromatic carbocycles. The average Bonchev–Trinajstić information content (AvgIpc) is 3.10. The first-order chi connectivity index (χ1) is 9.34. The molecule has 0 radical (unpaired) electrons. The van der Waals surface area contributed by atoms with Crippen molar-refractivity contribution < 1.29 is 9.53 Å². The van der Waals surface area contributed by atoms with Crippen LogP contribution in [0.15, 0.2) is 17.5 Å². The lowest BCUT2D eigenvalue weighted by atomic mass is 10.2. The van der Waals surface area contributed by atoms with E-state index in [0.717, 1.165) is 45.7 Å². The zero-order chi connectivity index (χ0) is 13.1. The summed E-state index contributed by atoms with van der Waals surface area (Å²) in [7, 11) is 0. The van der Waals surface area contributed by atoms with Crippen molar-refractivity contribution in [2.75, 3.05) is 39.4 Å². The lowest BCUT2D eigenvalue weighted by molar-refractivity contribution is -0.134. The van der Waals surface area contributed by atoms with E-state index in [4.69, 9.17) is 4.74 Å². The molecular weight excluding hydrogens is 260 g/mol. The lowest BCUT2D eigenvalue weighted by Gasteiger charge is -2.30. The lowest BCUT2D eigenvalue weighted by Crippen LogP contribution is -2.44. The van der Waals surface area contributed by atoms with Crippen LogP contribution in [0.3, 0.4) is 0 Å². The maximum atomic E-state index is 12.5. The Morgan fingerprint density at radius 1 is 1.37 bits per heavy atom. The summed E-state index contributed by atoms with van der Waals surface area (Å²) in [5.41, 5.74) is 0. The number of hydrogen-bond acceptors (Lipinski definition) is 4. The highest BCUT2D eigenvalue weighted by molar-refractivity contribution is 7.10. The largest absolute Gasteiger partial charge is 0.379 e. The summed E-state index contributed by atoms with van der Waals surface area (Å²) in [5.74, 6) is 0.276. The van der Waals surface area contributed by atoms with E-state index in [1.807, 2.05) is 0 Å². The van der Waals surface area contributed by atoms with Gasteiger partial charge in [0.15, 0.2) is 0 Å². The van der Waals surface area contributed by atoms with Gasteiger partial charge in [-0.3, -0.25) is 9.69 Å². The summed E-state index contributed by atoms with van der Waals surface area (Å²) < 4.78 is 5.32. The third kappa shape index (κ3) is 2.99. The first kappa shape index (κ1) is 13.1. The van der Waals surface area contributed by atoms with Gasteiger partial charge in [0.25, 0.3) is 0 Å². The summed E-state index contributed by atoms with van der Waals surface area (Å²) in [6.45, 7) is 4.72. The molecule has 104 valence electrons. The third-order valence-electron chi connectivity index (χ3n) is 3.91. The smallest absolute Gasteiger partial charge is 0.237 e. The fourth-order valence-electron chi connectivity index (χ4n) is 2.88. The number of nitrogens with zero attached hydrogens (tertiary/aromatic N) is 2. The normalized spacial score (nSPS) is 24.8. The highest BCUT2D eigenvalue weighted by atomic mass is 32.1. The van der Waals surface area contributed by atoms with Crippen molar-refractivity contribution in [2.24, 2.45) is 0 Å². The number of ether oxygens (including phenoxy) is 1. The number of hydrogen-bond donors (Lipinski definition) is 0. The highest BCUT2D eigenvalue weighted by Crippen LogP contribution is 2.34. The van der Waals surface area contributed by atoms with Crippen molar-refractivity contribution in [1.82, 2.24) is 9.80 Å². The minimum Gasteiger partial charge on any atom is -0.379 e. The molecule has 1 amide bonds. The van der Waals surface area contributed by atoms with Crippen LogP contribution in [0.1, 0.15) is 23.8 Å². The Morgan fingerprint density at radius 3 is 2.95 bits per heavy atom. The van der Waals surface area contributed by atoms with Gasteiger partial charge in [-0.2, -0.15) is 0 Å². The third-order valence-corrected chi connectivity index (χ3v) is 4.88. The van der Waals surface area contributed by atoms with Crippen molar-refractivity contribution in [3.05, 3.63) is 22.4 Å². The molecule has 0 bridgehead atoms. The van der Waals surface area contributed by atoms with Crippen LogP contribution in [0.25, 0.3) is 0 Å². The van der Waals surface area contributed by atoms with Crippen LogP contribution in [0.5, 0.6) is 0 Å². The SMILES string of the molecule is O=C(CN1CCOCC1)N1CCCC1c1cccs1. The van der Waals surface area contributed by atoms with E-state index in [-0.39, 0.29) is 5.91 Å². The summed E-state index contributed by atoms with van der Waals surface area (Å²) in [4.78, 5) is 18.1. The van der Waals surface area contributed by atoms with E-state index in [1.54, 1.807) is 11.3 Å². The van der Waals surface area contributed by atoms with Crippen molar-refractivity contribution in [2.45, 2.75) is 18.9 Å². The number of likely N-dealkylation sites (tertiary alicyclic amines) is 1. The second kappa shape index (κ2) is 6.03. The second-order valence-corrected chi connectivity index (χ2v) is 6.13. The van der Waals surface area contributed by atoms with Crippen LogP contribution in [0.2, 0.25) is 0 Å². The van der Waals surface area contributed by atoms with Crippen molar-refractivity contribution in [1.29, 1.82) is 0 Å². The molecule has 3 heterocycles. The minimum absolute atomic E-state index is 0.276. The molecule has 0 saturated carbocycles. The van der Waals surface area contributed by atoms with E-state index in [9.17, 15) is 4.79 Å². The van der Waals surface area contributed by atoms with Crippen LogP contribution in [0, 0.1) is 0 Å². The molecule has 3 rings (SSSR count). The van der Waals surface area contributed by atoms with E-state index in [0.29, 0.717) is 12.6 Å². The van der Waals surface area contributed by atoms with Crippen LogP contribution in [-0.4, -0.2) is 55.1 Å². The Balaban J connectivity index is 1.62. The summed E-state index contributed by atoms with van der Waals surface area (Å²) in [6, 6.07) is 4.53. The van der Waals surface area contributed by atoms with E-state index in [1.165, 1.54) is 4.88 Å². The topological polar surface area (TPSA) is 32.8 Å². The van der Waals surface area contributed by atoms with Crippen molar-refractivity contribution in [3.8, 4) is 0 Å². The second-order valence-electron chi connectivity index (χ2n) is 5.15. The molecule has 2 aliphatic heterocycles. The maximum absolute atomic E-state index is 12.5. The molecule has 0 aliphatic carbocycles. The number of morpholine rings is 1. The molecule has 1 unspecified atom stereocenters. The number of carbonyl (C=O) groups excluding carboxylic acids is 1. The molecule has 19 heavy (non-hydrogen) atoms. The fraction of sp³-hybridized carbons (Fsp3) is 0.643. The average molecular weight is 280 g/mol. The molecule has 4 nitrogen and oxygen atoms in total. The Kier molecular flexibility index (Phi) is 4.15. The number of thiophene rings is 1. The van der Waals surface area contributed by atoms with Gasteiger partial charge in [-0.25, -0.2) is 0 Å². The van der Waals surface area contributed by atoms with Crippen molar-refractivity contribution >= 4 is 17.2 Å². The van der Waals surface area contributed by atoms with Gasteiger partial charge in [-0.05, 0) is 24.3 Å². The molecule has 1 aromatic rings. The quantitative estimate of drug-likeness (QED) is 0.845. The van der Waals surface area contributed by atoms with Crippen LogP contribution < -0.4 is 0 Å². The Morgan fingerprint density at radius 2 is 2.21 bits per heavy atom. The molecule has 5 heteroatoms. The minimum atomic E-state index is 0.276. The summed E-state index contributed by atoms with van der Waals surface area (Å²) in [5, 5.41) is 2.10. The van der Waals surface area contributed by atoms with Crippen LogP contribution in [-0.2, 0) is 9.53 Å². The first-order valence-corrected chi connectivity index (χ1v) is 7.85. The maximum Gasteiger partial charge on any atom is 0.237 e. The molecule has 0 spiro atoms. The van der Waals surface area contributed by atoms with Crippen molar-refractivity contribution in [3.63, 3.8) is 0 Å². The summed E-state index contributed by atoms with van der Waals surface area (Å²) >= 11 is 1.76. The van der Waals surface area contributed by atoms with Crippen LogP contribution >= 0.6 is 11.3 Å². The van der Waals surface area contributed by atoms with E-state index in [2.05, 4.69) is 27.3 Å². The molecule has 2 saturated heterocycles. The predicted octanol–water partition coefficient (Wildman–Crippen LogP) is 1.74. The van der Waals surface area contributed by atoms with Gasteiger partial charge in [0, 0.05) is 24.5 Å². The predicted molar refractivity (Wildman–Crippen MR) is 75.3 cm³/mol. The first-order valence-electron chi connectivity index (χ1n) is 6.97. The molecule has 0 N–H and O–H groups in total. The summed E-state index contributed by atoms with van der Waals surface area (Å²) in [6.07, 6.45) is 2.23. The zero-order valence-electron chi connectivity index (χ0n) is 11.1. The van der Waals surface area contributed by atoms with Gasteiger partial charge in [0.2, 0.25) is 5.91 Å². The van der Waals surface area contributed by atoms with Gasteiger partial charge in [0.05, 0.1) is 25.8 Å². The number of amides is 1. The highest BCUT2D eigenvalue weighted by Gasteiger charge is 2.31. The fourth-order valence-corrected chi connectivity index (χ4v) is 3.76. The van der Waals surface area contributed by atoms with E-state index < -0.39 is 0 Å². The van der Waals surface area contributed by atoms with Crippen LogP contribution in [0.4, 0.5) is 0 Å². The van der Waals surface area contributed by atoms with Gasteiger partial charge in [0.1, 0.15) is 0 Å².